The van der Waals surface area contributed by atoms with E-state index >= 15 is 0 Å². The summed E-state index contributed by atoms with van der Waals surface area (Å²) >= 11 is 1.84. The van der Waals surface area contributed by atoms with E-state index in [1.165, 1.54) is 27.3 Å². The molecular weight excluding hydrogens is 214 g/mol. The maximum absolute atomic E-state index is 3.64. The average molecular weight is 229 g/mol. The van der Waals surface area contributed by atoms with E-state index in [0.29, 0.717) is 6.04 Å². The molecule has 16 heavy (non-hydrogen) atoms. The van der Waals surface area contributed by atoms with Gasteiger partial charge in [0.05, 0.1) is 6.04 Å². The Kier molecular flexibility index (Phi) is 2.25. The first-order chi connectivity index (χ1) is 7.74. The van der Waals surface area contributed by atoms with Crippen LogP contribution in [0.4, 0.5) is 5.69 Å². The zero-order chi connectivity index (χ0) is 11.1. The van der Waals surface area contributed by atoms with E-state index in [1.807, 2.05) is 11.3 Å². The normalized spacial score (nSPS) is 18.2. The van der Waals surface area contributed by atoms with Gasteiger partial charge < -0.3 is 5.32 Å². The minimum absolute atomic E-state index is 0.482. The molecule has 1 aromatic carbocycles. The lowest BCUT2D eigenvalue weighted by molar-refractivity contribution is 0.843. The third kappa shape index (κ3) is 1.54. The fourth-order valence-corrected chi connectivity index (χ4v) is 3.31. The number of rotatable bonds is 1. The highest BCUT2D eigenvalue weighted by Gasteiger charge is 2.23. The van der Waals surface area contributed by atoms with Gasteiger partial charge in [0, 0.05) is 10.6 Å². The summed E-state index contributed by atoms with van der Waals surface area (Å²) in [5.41, 5.74) is 5.55. The highest BCUT2D eigenvalue weighted by atomic mass is 32.1. The van der Waals surface area contributed by atoms with Crippen LogP contribution >= 0.6 is 11.3 Å². The van der Waals surface area contributed by atoms with Gasteiger partial charge in [-0.2, -0.15) is 0 Å². The van der Waals surface area contributed by atoms with Gasteiger partial charge in [0.25, 0.3) is 0 Å². The lowest BCUT2D eigenvalue weighted by Gasteiger charge is -2.09. The van der Waals surface area contributed by atoms with Crippen molar-refractivity contribution in [3.63, 3.8) is 0 Å². The molecule has 1 atom stereocenters. The summed E-state index contributed by atoms with van der Waals surface area (Å²) in [5, 5.41) is 5.79. The Labute approximate surface area is 100 Å². The molecule has 0 saturated heterocycles. The molecule has 1 N–H and O–H groups in total. The third-order valence-electron chi connectivity index (χ3n) is 3.19. The maximum Gasteiger partial charge on any atom is 0.0647 e. The van der Waals surface area contributed by atoms with Gasteiger partial charge in [-0.25, -0.2) is 0 Å². The minimum atomic E-state index is 0.482. The number of thiophene rings is 1. The molecule has 2 heteroatoms. The van der Waals surface area contributed by atoms with Crippen LogP contribution in [0.3, 0.4) is 0 Å². The number of anilines is 1. The van der Waals surface area contributed by atoms with Crippen LogP contribution in [-0.2, 0) is 6.42 Å². The minimum Gasteiger partial charge on any atom is -0.377 e. The second-order valence-corrected chi connectivity index (χ2v) is 5.51. The largest absolute Gasteiger partial charge is 0.377 e. The summed E-state index contributed by atoms with van der Waals surface area (Å²) in [7, 11) is 0. The highest BCUT2D eigenvalue weighted by molar-refractivity contribution is 7.10. The molecule has 2 aromatic rings. The van der Waals surface area contributed by atoms with Crippen molar-refractivity contribution in [1.29, 1.82) is 0 Å². The van der Waals surface area contributed by atoms with Crippen LogP contribution in [0, 0.1) is 13.8 Å². The van der Waals surface area contributed by atoms with Crippen molar-refractivity contribution >= 4 is 17.0 Å². The molecule has 3 rings (SSSR count). The van der Waals surface area contributed by atoms with Crippen molar-refractivity contribution < 1.29 is 0 Å². The number of hydrogen-bond donors (Lipinski definition) is 1. The van der Waals surface area contributed by atoms with E-state index in [4.69, 9.17) is 0 Å². The fraction of sp³-hybridized carbons (Fsp3) is 0.286. The van der Waals surface area contributed by atoms with Gasteiger partial charge in [-0.1, -0.05) is 23.8 Å². The monoisotopic (exact) mass is 229 g/mol. The summed E-state index contributed by atoms with van der Waals surface area (Å²) in [4.78, 5) is 1.44. The Balaban J connectivity index is 1.98. The molecule has 1 aliphatic rings. The smallest absolute Gasteiger partial charge is 0.0647 e. The van der Waals surface area contributed by atoms with Crippen molar-refractivity contribution in [3.05, 3.63) is 51.2 Å². The molecule has 0 fully saturated rings. The summed E-state index contributed by atoms with van der Waals surface area (Å²) in [6.45, 7) is 4.36. The van der Waals surface area contributed by atoms with Crippen LogP contribution in [0.25, 0.3) is 0 Å². The topological polar surface area (TPSA) is 12.0 Å². The van der Waals surface area contributed by atoms with E-state index < -0.39 is 0 Å². The molecule has 0 bridgehead atoms. The molecule has 1 nitrogen and oxygen atoms in total. The first kappa shape index (κ1) is 9.91. The zero-order valence-electron chi connectivity index (χ0n) is 9.58. The molecule has 1 aliphatic heterocycles. The van der Waals surface area contributed by atoms with Crippen molar-refractivity contribution in [3.8, 4) is 0 Å². The number of nitrogens with one attached hydrogen (secondary N) is 1. The molecule has 0 radical (unpaired) electrons. The van der Waals surface area contributed by atoms with Crippen molar-refractivity contribution in [2.45, 2.75) is 26.3 Å². The average Bonchev–Trinajstić information content (AvgIpc) is 2.82. The second kappa shape index (κ2) is 3.63. The SMILES string of the molecule is Cc1cc(C)c2c(c1)CC(c1cccs1)N2. The Bertz CT molecular complexity index is 514. The third-order valence-corrected chi connectivity index (χ3v) is 4.18. The zero-order valence-corrected chi connectivity index (χ0v) is 10.4. The fourth-order valence-electron chi connectivity index (χ4n) is 2.53. The lowest BCUT2D eigenvalue weighted by Crippen LogP contribution is -2.03. The summed E-state index contributed by atoms with van der Waals surface area (Å²) < 4.78 is 0. The predicted molar refractivity (Wildman–Crippen MR) is 70.3 cm³/mol. The van der Waals surface area contributed by atoms with Crippen LogP contribution < -0.4 is 5.32 Å². The van der Waals surface area contributed by atoms with Crippen molar-refractivity contribution in [1.82, 2.24) is 0 Å². The van der Waals surface area contributed by atoms with Crippen LogP contribution in [0.5, 0.6) is 0 Å². The Morgan fingerprint density at radius 2 is 2.19 bits per heavy atom. The molecule has 0 aliphatic carbocycles. The molecule has 0 spiro atoms. The van der Waals surface area contributed by atoms with Crippen LogP contribution in [-0.4, -0.2) is 0 Å². The van der Waals surface area contributed by atoms with Gasteiger partial charge in [0.1, 0.15) is 0 Å². The molecule has 1 unspecified atom stereocenters. The van der Waals surface area contributed by atoms with E-state index in [0.717, 1.165) is 6.42 Å². The number of hydrogen-bond acceptors (Lipinski definition) is 2. The Morgan fingerprint density at radius 1 is 1.31 bits per heavy atom. The first-order valence-corrected chi connectivity index (χ1v) is 6.52. The highest BCUT2D eigenvalue weighted by Crippen LogP contribution is 2.38. The number of fused-ring (bicyclic) bond motifs is 1. The molecule has 1 aromatic heterocycles. The van der Waals surface area contributed by atoms with Gasteiger partial charge in [-0.15, -0.1) is 11.3 Å². The standard InChI is InChI=1S/C14H15NS/c1-9-6-10(2)14-11(7-9)8-12(15-14)13-4-3-5-16-13/h3-7,12,15H,8H2,1-2H3. The molecule has 2 heterocycles. The van der Waals surface area contributed by atoms with Crippen LogP contribution in [0.15, 0.2) is 29.6 Å². The number of benzene rings is 1. The predicted octanol–water partition coefficient (Wildman–Crippen LogP) is 4.07. The van der Waals surface area contributed by atoms with Crippen molar-refractivity contribution in [2.24, 2.45) is 0 Å². The first-order valence-electron chi connectivity index (χ1n) is 5.64. The molecule has 0 amide bonds. The van der Waals surface area contributed by atoms with Gasteiger partial charge in [0.2, 0.25) is 0 Å². The van der Waals surface area contributed by atoms with E-state index in [2.05, 4.69) is 48.8 Å². The number of aryl methyl sites for hydroxylation is 2. The van der Waals surface area contributed by atoms with Crippen molar-refractivity contribution in [2.75, 3.05) is 5.32 Å². The van der Waals surface area contributed by atoms with Crippen LogP contribution in [0.1, 0.15) is 27.6 Å². The summed E-state index contributed by atoms with van der Waals surface area (Å²) in [5.74, 6) is 0. The Morgan fingerprint density at radius 3 is 2.94 bits per heavy atom. The molecular formula is C14H15NS. The maximum atomic E-state index is 3.64. The van der Waals surface area contributed by atoms with E-state index in [9.17, 15) is 0 Å². The van der Waals surface area contributed by atoms with E-state index in [1.54, 1.807) is 0 Å². The van der Waals surface area contributed by atoms with E-state index in [-0.39, 0.29) is 0 Å². The van der Waals surface area contributed by atoms with Gasteiger partial charge >= 0.3 is 0 Å². The quantitative estimate of drug-likeness (QED) is 0.777. The summed E-state index contributed by atoms with van der Waals surface area (Å²) in [6.07, 6.45) is 1.12. The van der Waals surface area contributed by atoms with Gasteiger partial charge in [-0.3, -0.25) is 0 Å². The van der Waals surface area contributed by atoms with Crippen LogP contribution in [0.2, 0.25) is 0 Å². The molecule has 0 saturated carbocycles. The summed E-state index contributed by atoms with van der Waals surface area (Å²) in [6, 6.07) is 9.39. The van der Waals surface area contributed by atoms with Gasteiger partial charge in [0.15, 0.2) is 0 Å². The Hall–Kier alpha value is -1.28. The second-order valence-electron chi connectivity index (χ2n) is 4.53. The molecule has 82 valence electrons. The lowest BCUT2D eigenvalue weighted by atomic mass is 10.0. The van der Waals surface area contributed by atoms with Gasteiger partial charge in [-0.05, 0) is 42.8 Å².